The van der Waals surface area contributed by atoms with Gasteiger partial charge < -0.3 is 16.4 Å². The molecule has 0 aromatic carbocycles. The summed E-state index contributed by atoms with van der Waals surface area (Å²) in [7, 11) is 0. The first-order valence-electron chi connectivity index (χ1n) is 5.17. The topological polar surface area (TPSA) is 75.6 Å². The van der Waals surface area contributed by atoms with E-state index in [0.717, 1.165) is 32.6 Å². The average Bonchev–Trinajstić information content (AvgIpc) is 2.20. The smallest absolute Gasteiger partial charge is 0.314 e. The highest BCUT2D eigenvalue weighted by molar-refractivity contribution is 5.72. The predicted molar refractivity (Wildman–Crippen MR) is 55.9 cm³/mol. The lowest BCUT2D eigenvalue weighted by molar-refractivity contribution is 0.112. The van der Waals surface area contributed by atoms with Crippen LogP contribution in [0.4, 0.5) is 4.79 Å². The van der Waals surface area contributed by atoms with Crippen molar-refractivity contribution in [3.63, 3.8) is 0 Å². The maximum Gasteiger partial charge on any atom is 0.314 e. The van der Waals surface area contributed by atoms with E-state index in [1.807, 2.05) is 0 Å². The molecular weight excluding hydrogens is 180 g/mol. The van der Waals surface area contributed by atoms with Crippen molar-refractivity contribution in [1.29, 1.82) is 0 Å². The molecule has 1 aliphatic heterocycles. The van der Waals surface area contributed by atoms with E-state index in [2.05, 4.69) is 11.8 Å². The molecule has 1 unspecified atom stereocenters. The van der Waals surface area contributed by atoms with Gasteiger partial charge in [-0.3, -0.25) is 4.90 Å². The van der Waals surface area contributed by atoms with Gasteiger partial charge in [0.05, 0.1) is 0 Å². The Morgan fingerprint density at radius 1 is 1.36 bits per heavy atom. The van der Waals surface area contributed by atoms with Gasteiger partial charge in [0.1, 0.15) is 0 Å². The van der Waals surface area contributed by atoms with E-state index in [-0.39, 0.29) is 6.03 Å². The van der Waals surface area contributed by atoms with Gasteiger partial charge in [-0.1, -0.05) is 6.92 Å². The summed E-state index contributed by atoms with van der Waals surface area (Å²) in [6.07, 6.45) is 1.06. The molecule has 0 aromatic heterocycles. The highest BCUT2D eigenvalue weighted by Crippen LogP contribution is 2.07. The number of piperazine rings is 1. The molecule has 1 aliphatic rings. The van der Waals surface area contributed by atoms with Crippen molar-refractivity contribution in [2.24, 2.45) is 11.5 Å². The maximum atomic E-state index is 10.9. The molecule has 0 radical (unpaired) electrons. The molecule has 0 saturated carbocycles. The van der Waals surface area contributed by atoms with Crippen LogP contribution in [0.3, 0.4) is 0 Å². The molecule has 5 nitrogen and oxygen atoms in total. The van der Waals surface area contributed by atoms with Crippen LogP contribution in [-0.2, 0) is 0 Å². The van der Waals surface area contributed by atoms with Gasteiger partial charge in [0.2, 0.25) is 0 Å². The Hall–Kier alpha value is -0.810. The van der Waals surface area contributed by atoms with Crippen LogP contribution in [0.5, 0.6) is 0 Å². The van der Waals surface area contributed by atoms with Crippen LogP contribution in [0.2, 0.25) is 0 Å². The Morgan fingerprint density at radius 3 is 2.29 bits per heavy atom. The number of carbonyl (C=O) groups excluding carboxylic acids is 1. The number of amides is 2. The van der Waals surface area contributed by atoms with E-state index in [9.17, 15) is 4.79 Å². The average molecular weight is 200 g/mol. The Kier molecular flexibility index (Phi) is 4.16. The van der Waals surface area contributed by atoms with E-state index >= 15 is 0 Å². The molecule has 4 N–H and O–H groups in total. The molecule has 1 saturated heterocycles. The fourth-order valence-corrected chi connectivity index (χ4v) is 1.88. The van der Waals surface area contributed by atoms with Gasteiger partial charge in [-0.05, 0) is 6.42 Å². The van der Waals surface area contributed by atoms with Gasteiger partial charge in [-0.15, -0.1) is 0 Å². The Balaban J connectivity index is 2.38. The third-order valence-electron chi connectivity index (χ3n) is 2.89. The molecule has 1 fully saturated rings. The fourth-order valence-electron chi connectivity index (χ4n) is 1.88. The first kappa shape index (κ1) is 11.3. The summed E-state index contributed by atoms with van der Waals surface area (Å²) in [6.45, 7) is 6.06. The maximum absolute atomic E-state index is 10.9. The molecular formula is C9H20N4O. The zero-order valence-electron chi connectivity index (χ0n) is 8.78. The molecule has 5 heteroatoms. The van der Waals surface area contributed by atoms with Crippen LogP contribution in [0.15, 0.2) is 0 Å². The molecule has 0 bridgehead atoms. The highest BCUT2D eigenvalue weighted by Gasteiger charge is 2.22. The molecule has 14 heavy (non-hydrogen) atoms. The minimum absolute atomic E-state index is 0.314. The largest absolute Gasteiger partial charge is 0.351 e. The van der Waals surface area contributed by atoms with Gasteiger partial charge in [0, 0.05) is 38.8 Å². The zero-order valence-corrected chi connectivity index (χ0v) is 8.78. The Morgan fingerprint density at radius 2 is 1.93 bits per heavy atom. The van der Waals surface area contributed by atoms with Crippen molar-refractivity contribution in [3.05, 3.63) is 0 Å². The molecule has 1 atom stereocenters. The number of primary amides is 1. The molecule has 2 amide bonds. The van der Waals surface area contributed by atoms with Crippen LogP contribution >= 0.6 is 0 Å². The first-order valence-corrected chi connectivity index (χ1v) is 5.17. The summed E-state index contributed by atoms with van der Waals surface area (Å²) < 4.78 is 0. The second-order valence-electron chi connectivity index (χ2n) is 3.66. The molecule has 0 aliphatic carbocycles. The lowest BCUT2D eigenvalue weighted by Crippen LogP contribution is -2.54. The van der Waals surface area contributed by atoms with Crippen molar-refractivity contribution in [3.8, 4) is 0 Å². The summed E-state index contributed by atoms with van der Waals surface area (Å²) in [5, 5.41) is 0. The Labute approximate surface area is 85.0 Å². The van der Waals surface area contributed by atoms with Crippen LogP contribution in [-0.4, -0.2) is 54.6 Å². The highest BCUT2D eigenvalue weighted by atomic mass is 16.2. The minimum Gasteiger partial charge on any atom is -0.351 e. The molecule has 0 aromatic rings. The van der Waals surface area contributed by atoms with E-state index in [1.54, 1.807) is 4.90 Å². The summed E-state index contributed by atoms with van der Waals surface area (Å²) in [6, 6.07) is 0.135. The third kappa shape index (κ3) is 2.59. The van der Waals surface area contributed by atoms with Crippen LogP contribution in [0.25, 0.3) is 0 Å². The summed E-state index contributed by atoms with van der Waals surface area (Å²) >= 11 is 0. The van der Waals surface area contributed by atoms with Crippen molar-refractivity contribution in [2.75, 3.05) is 32.7 Å². The van der Waals surface area contributed by atoms with Crippen LogP contribution in [0, 0.1) is 0 Å². The third-order valence-corrected chi connectivity index (χ3v) is 2.89. The SMILES string of the molecule is CCC(CN)N1CCN(C(N)=O)CC1. The quantitative estimate of drug-likeness (QED) is 0.640. The number of nitrogens with two attached hydrogens (primary N) is 2. The fraction of sp³-hybridized carbons (Fsp3) is 0.889. The van der Waals surface area contributed by atoms with Gasteiger partial charge in [0.25, 0.3) is 0 Å². The second kappa shape index (κ2) is 5.17. The molecule has 0 spiro atoms. The normalized spacial score (nSPS) is 20.9. The van der Waals surface area contributed by atoms with Gasteiger partial charge in [-0.25, -0.2) is 4.79 Å². The lowest BCUT2D eigenvalue weighted by atomic mass is 10.1. The predicted octanol–water partition coefficient (Wildman–Crippen LogP) is -0.580. The van der Waals surface area contributed by atoms with E-state index in [0.29, 0.717) is 12.6 Å². The van der Waals surface area contributed by atoms with Crippen molar-refractivity contribution in [2.45, 2.75) is 19.4 Å². The number of rotatable bonds is 3. The molecule has 1 heterocycles. The first-order chi connectivity index (χ1) is 6.69. The monoisotopic (exact) mass is 200 g/mol. The van der Waals surface area contributed by atoms with E-state index < -0.39 is 0 Å². The number of urea groups is 1. The van der Waals surface area contributed by atoms with E-state index in [4.69, 9.17) is 11.5 Å². The number of nitrogens with zero attached hydrogens (tertiary/aromatic N) is 2. The minimum atomic E-state index is -0.314. The van der Waals surface area contributed by atoms with Gasteiger partial charge in [0.15, 0.2) is 0 Å². The standard InChI is InChI=1S/C9H20N4O/c1-2-8(7-10)12-3-5-13(6-4-12)9(11)14/h8H,2-7,10H2,1H3,(H2,11,14). The lowest BCUT2D eigenvalue weighted by Gasteiger charge is -2.37. The second-order valence-corrected chi connectivity index (χ2v) is 3.66. The number of hydrogen-bond donors (Lipinski definition) is 2. The molecule has 82 valence electrons. The summed E-state index contributed by atoms with van der Waals surface area (Å²) in [5.74, 6) is 0. The molecule has 1 rings (SSSR count). The summed E-state index contributed by atoms with van der Waals surface area (Å²) in [5.41, 5.74) is 10.9. The van der Waals surface area contributed by atoms with Crippen molar-refractivity contribution in [1.82, 2.24) is 9.80 Å². The Bertz CT molecular complexity index is 185. The number of carbonyl (C=O) groups is 1. The van der Waals surface area contributed by atoms with Crippen molar-refractivity contribution >= 4 is 6.03 Å². The van der Waals surface area contributed by atoms with Gasteiger partial charge in [-0.2, -0.15) is 0 Å². The van der Waals surface area contributed by atoms with Crippen LogP contribution < -0.4 is 11.5 Å². The van der Waals surface area contributed by atoms with Crippen LogP contribution in [0.1, 0.15) is 13.3 Å². The summed E-state index contributed by atoms with van der Waals surface area (Å²) in [4.78, 5) is 14.9. The zero-order chi connectivity index (χ0) is 10.6. The number of hydrogen-bond acceptors (Lipinski definition) is 3. The van der Waals surface area contributed by atoms with Gasteiger partial charge >= 0.3 is 6.03 Å². The van der Waals surface area contributed by atoms with Crippen molar-refractivity contribution < 1.29 is 4.79 Å². The van der Waals surface area contributed by atoms with E-state index in [1.165, 1.54) is 0 Å².